The number of benzene rings is 6. The summed E-state index contributed by atoms with van der Waals surface area (Å²) in [6.45, 7) is 2.25. The summed E-state index contributed by atoms with van der Waals surface area (Å²) in [6, 6.07) is 53.8. The van der Waals surface area contributed by atoms with Gasteiger partial charge in [0.1, 0.15) is 5.58 Å². The molecule has 4 aliphatic rings. The minimum atomic E-state index is -0.0340. The quantitative estimate of drug-likeness (QED) is 0.167. The Morgan fingerprint density at radius 3 is 1.61 bits per heavy atom. The third-order valence-electron chi connectivity index (χ3n) is 13.7. The van der Waals surface area contributed by atoms with Gasteiger partial charge in [0.25, 0.3) is 6.71 Å². The summed E-state index contributed by atoms with van der Waals surface area (Å²) >= 11 is 0. The standard InChI is InChI=1S/C53H43BN4O/c1-34-32-45-48-46(33-34)58(44-30-17-27-39-38-24-13-16-31-47(38)59-51(39)44)50-41-26-12-15-29-43(41)57(37-22-9-4-10-23-37)53(50)54(48)52-49(55(45)35-18-5-2-6-19-35)40-25-11-14-28-42(40)56(52)36-20-7-3-8-21-36/h2-10,13,16-24,27,30-33H,11-12,14-15,25-26,28-29H2,1H3. The molecule has 0 spiro atoms. The number of hydrogen-bond acceptors (Lipinski definition) is 3. The van der Waals surface area contributed by atoms with Gasteiger partial charge in [-0.25, -0.2) is 0 Å². The maximum absolute atomic E-state index is 6.95. The van der Waals surface area contributed by atoms with Crippen LogP contribution in [0.2, 0.25) is 0 Å². The minimum Gasteiger partial charge on any atom is -0.454 e. The Balaban J connectivity index is 1.24. The summed E-state index contributed by atoms with van der Waals surface area (Å²) in [5, 5.41) is 2.30. The number of aromatic nitrogens is 2. The van der Waals surface area contributed by atoms with Crippen LogP contribution < -0.4 is 26.4 Å². The first-order valence-electron chi connectivity index (χ1n) is 21.6. The molecule has 0 radical (unpaired) electrons. The van der Waals surface area contributed by atoms with E-state index >= 15 is 0 Å². The molecule has 0 fully saturated rings. The van der Waals surface area contributed by atoms with Crippen LogP contribution in [0.25, 0.3) is 33.3 Å². The number of anilines is 6. The van der Waals surface area contributed by atoms with Gasteiger partial charge >= 0.3 is 0 Å². The molecule has 13 rings (SSSR count). The number of rotatable bonds is 4. The number of para-hydroxylation sites is 5. The second-order valence-corrected chi connectivity index (χ2v) is 17.0. The van der Waals surface area contributed by atoms with Gasteiger partial charge in [0.2, 0.25) is 0 Å². The van der Waals surface area contributed by atoms with Crippen molar-refractivity contribution in [2.24, 2.45) is 0 Å². The summed E-state index contributed by atoms with van der Waals surface area (Å²) in [4.78, 5) is 5.28. The van der Waals surface area contributed by atoms with Crippen LogP contribution in [0.1, 0.15) is 53.8 Å². The fourth-order valence-electron chi connectivity index (χ4n) is 11.4. The van der Waals surface area contributed by atoms with E-state index in [0.717, 1.165) is 53.3 Å². The molecule has 3 aromatic heterocycles. The van der Waals surface area contributed by atoms with Crippen molar-refractivity contribution in [2.45, 2.75) is 58.3 Å². The van der Waals surface area contributed by atoms with Crippen molar-refractivity contribution in [2.75, 3.05) is 9.80 Å². The summed E-state index contributed by atoms with van der Waals surface area (Å²) in [6.07, 6.45) is 9.00. The van der Waals surface area contributed by atoms with E-state index in [9.17, 15) is 0 Å². The zero-order valence-electron chi connectivity index (χ0n) is 33.3. The molecule has 0 bridgehead atoms. The van der Waals surface area contributed by atoms with Crippen molar-refractivity contribution in [3.8, 4) is 11.4 Å². The van der Waals surface area contributed by atoms with Gasteiger partial charge in [0.15, 0.2) is 5.58 Å². The summed E-state index contributed by atoms with van der Waals surface area (Å²) in [7, 11) is 0. The summed E-state index contributed by atoms with van der Waals surface area (Å²) in [5.74, 6) is 0. The second-order valence-electron chi connectivity index (χ2n) is 17.0. The Morgan fingerprint density at radius 1 is 0.475 bits per heavy atom. The average molecular weight is 763 g/mol. The van der Waals surface area contributed by atoms with Gasteiger partial charge in [0, 0.05) is 61.8 Å². The van der Waals surface area contributed by atoms with Crippen molar-refractivity contribution >= 4 is 79.4 Å². The molecule has 5 heterocycles. The molecule has 0 saturated carbocycles. The van der Waals surface area contributed by atoms with Gasteiger partial charge in [0.05, 0.1) is 17.1 Å². The highest BCUT2D eigenvalue weighted by atomic mass is 16.3. The van der Waals surface area contributed by atoms with Gasteiger partial charge in [-0.15, -0.1) is 0 Å². The average Bonchev–Trinajstić information content (AvgIpc) is 3.96. The van der Waals surface area contributed by atoms with E-state index in [1.165, 1.54) is 110 Å². The molecular formula is C53H43BN4O. The van der Waals surface area contributed by atoms with E-state index in [1.54, 1.807) is 0 Å². The van der Waals surface area contributed by atoms with Crippen molar-refractivity contribution in [3.05, 3.63) is 174 Å². The molecule has 0 atom stereocenters. The molecule has 6 aromatic carbocycles. The monoisotopic (exact) mass is 762 g/mol. The van der Waals surface area contributed by atoms with Crippen LogP contribution in [-0.4, -0.2) is 15.8 Å². The molecule has 6 heteroatoms. The Labute approximate surface area is 344 Å². The first kappa shape index (κ1) is 33.3. The van der Waals surface area contributed by atoms with E-state index in [-0.39, 0.29) is 6.71 Å². The first-order chi connectivity index (χ1) is 29.2. The van der Waals surface area contributed by atoms with E-state index in [1.807, 2.05) is 0 Å². The van der Waals surface area contributed by atoms with Crippen LogP contribution in [0.3, 0.4) is 0 Å². The van der Waals surface area contributed by atoms with Crippen LogP contribution in [0, 0.1) is 6.92 Å². The Hall–Kier alpha value is -6.66. The molecule has 2 aliphatic carbocycles. The molecular weight excluding hydrogens is 719 g/mol. The Morgan fingerprint density at radius 2 is 0.983 bits per heavy atom. The first-order valence-corrected chi connectivity index (χ1v) is 21.6. The van der Waals surface area contributed by atoms with Crippen molar-refractivity contribution < 1.29 is 4.42 Å². The lowest BCUT2D eigenvalue weighted by atomic mass is 9.36. The van der Waals surface area contributed by atoms with Crippen LogP contribution in [0.15, 0.2) is 150 Å². The second kappa shape index (κ2) is 12.7. The van der Waals surface area contributed by atoms with E-state index in [2.05, 4.69) is 171 Å². The topological polar surface area (TPSA) is 29.5 Å². The lowest BCUT2D eigenvalue weighted by molar-refractivity contribution is 0.663. The molecule has 59 heavy (non-hydrogen) atoms. The smallest absolute Gasteiger partial charge is 0.294 e. The molecule has 0 amide bonds. The van der Waals surface area contributed by atoms with E-state index in [4.69, 9.17) is 4.42 Å². The highest BCUT2D eigenvalue weighted by molar-refractivity contribution is 7.00. The lowest BCUT2D eigenvalue weighted by Crippen LogP contribution is -2.64. The van der Waals surface area contributed by atoms with Crippen molar-refractivity contribution in [3.63, 3.8) is 0 Å². The highest BCUT2D eigenvalue weighted by Crippen LogP contribution is 2.51. The number of hydrogen-bond donors (Lipinski definition) is 0. The van der Waals surface area contributed by atoms with Crippen molar-refractivity contribution in [1.82, 2.24) is 9.13 Å². The molecule has 284 valence electrons. The maximum atomic E-state index is 6.95. The number of aryl methyl sites for hydroxylation is 1. The van der Waals surface area contributed by atoms with Crippen LogP contribution in [-0.2, 0) is 25.7 Å². The predicted molar refractivity (Wildman–Crippen MR) is 244 cm³/mol. The van der Waals surface area contributed by atoms with E-state index < -0.39 is 0 Å². The summed E-state index contributed by atoms with van der Waals surface area (Å²) in [5.41, 5.74) is 23.1. The summed E-state index contributed by atoms with van der Waals surface area (Å²) < 4.78 is 12.4. The van der Waals surface area contributed by atoms with Crippen LogP contribution in [0.4, 0.5) is 34.1 Å². The van der Waals surface area contributed by atoms with Gasteiger partial charge < -0.3 is 23.4 Å². The molecule has 0 N–H and O–H groups in total. The van der Waals surface area contributed by atoms with Crippen LogP contribution in [0.5, 0.6) is 0 Å². The van der Waals surface area contributed by atoms with Gasteiger partial charge in [-0.2, -0.15) is 0 Å². The zero-order valence-corrected chi connectivity index (χ0v) is 33.3. The van der Waals surface area contributed by atoms with Gasteiger partial charge in [-0.1, -0.05) is 84.9 Å². The Kier molecular flexibility index (Phi) is 7.16. The van der Waals surface area contributed by atoms with Gasteiger partial charge in [-0.3, -0.25) is 0 Å². The normalized spacial score (nSPS) is 15.2. The zero-order chi connectivity index (χ0) is 38.8. The highest BCUT2D eigenvalue weighted by Gasteiger charge is 2.51. The SMILES string of the molecule is Cc1cc2c3c(c1)N(c1cccc4c1oc1ccccc14)c1c4c(n(-c5ccccc5)c1B3c1c(c3c(n1-c1ccccc1)CCCC3)N2c1ccccc1)CCCC4. The fraction of sp³-hybridized carbons (Fsp3) is 0.170. The van der Waals surface area contributed by atoms with Crippen molar-refractivity contribution in [1.29, 1.82) is 0 Å². The maximum Gasteiger partial charge on any atom is 0.294 e. The minimum absolute atomic E-state index is 0.0340. The predicted octanol–water partition coefficient (Wildman–Crippen LogP) is 11.3. The molecule has 0 saturated heterocycles. The Bertz CT molecular complexity index is 3140. The third-order valence-corrected chi connectivity index (χ3v) is 13.7. The third kappa shape index (κ3) is 4.63. The van der Waals surface area contributed by atoms with E-state index in [0.29, 0.717) is 0 Å². The largest absolute Gasteiger partial charge is 0.454 e. The van der Waals surface area contributed by atoms with Crippen LogP contribution >= 0.6 is 0 Å². The number of fused-ring (bicyclic) bond motifs is 11. The molecule has 0 unspecified atom stereocenters. The number of nitrogens with zero attached hydrogens (tertiary/aromatic N) is 4. The molecule has 2 aliphatic heterocycles. The van der Waals surface area contributed by atoms with Gasteiger partial charge in [-0.05, 0) is 141 Å². The number of furan rings is 1. The fourth-order valence-corrected chi connectivity index (χ4v) is 11.4. The molecule has 9 aromatic rings. The molecule has 5 nitrogen and oxygen atoms in total. The lowest BCUT2D eigenvalue weighted by Gasteiger charge is -2.43.